The van der Waals surface area contributed by atoms with Crippen molar-refractivity contribution in [2.24, 2.45) is 5.92 Å². The summed E-state index contributed by atoms with van der Waals surface area (Å²) in [5, 5.41) is 0. The maximum atomic E-state index is 2.62. The monoisotopic (exact) mass is 125 g/mol. The third-order valence-electron chi connectivity index (χ3n) is 2.93. The lowest BCUT2D eigenvalue weighted by molar-refractivity contribution is 0.173. The van der Waals surface area contributed by atoms with Gasteiger partial charge < -0.3 is 0 Å². The van der Waals surface area contributed by atoms with E-state index in [1.807, 2.05) is 0 Å². The third kappa shape index (κ3) is 0.710. The SMILES string of the molecule is CC1(C)CC2CCN1C2. The summed E-state index contributed by atoms with van der Waals surface area (Å²) in [4.78, 5) is 2.62. The molecule has 0 radical (unpaired) electrons. The van der Waals surface area contributed by atoms with Gasteiger partial charge in [-0.1, -0.05) is 0 Å². The molecule has 2 heterocycles. The van der Waals surface area contributed by atoms with Gasteiger partial charge in [-0.25, -0.2) is 0 Å². The molecule has 1 nitrogen and oxygen atoms in total. The van der Waals surface area contributed by atoms with E-state index in [1.54, 1.807) is 0 Å². The summed E-state index contributed by atoms with van der Waals surface area (Å²) in [5.74, 6) is 1.04. The van der Waals surface area contributed by atoms with E-state index in [0.717, 1.165) is 5.92 Å². The van der Waals surface area contributed by atoms with E-state index < -0.39 is 0 Å². The molecule has 2 aliphatic rings. The maximum absolute atomic E-state index is 2.62. The van der Waals surface area contributed by atoms with Gasteiger partial charge in [0.25, 0.3) is 0 Å². The first-order valence-corrected chi connectivity index (χ1v) is 3.93. The molecule has 52 valence electrons. The van der Waals surface area contributed by atoms with Crippen molar-refractivity contribution in [3.8, 4) is 0 Å². The van der Waals surface area contributed by atoms with Crippen LogP contribution in [-0.4, -0.2) is 23.5 Å². The molecule has 2 aliphatic heterocycles. The van der Waals surface area contributed by atoms with Crippen molar-refractivity contribution in [1.29, 1.82) is 0 Å². The van der Waals surface area contributed by atoms with E-state index in [-0.39, 0.29) is 0 Å². The lowest BCUT2D eigenvalue weighted by Gasteiger charge is -2.32. The highest BCUT2D eigenvalue weighted by atomic mass is 15.2. The van der Waals surface area contributed by atoms with Crippen LogP contribution in [0.4, 0.5) is 0 Å². The van der Waals surface area contributed by atoms with Crippen molar-refractivity contribution in [2.45, 2.75) is 32.2 Å². The highest BCUT2D eigenvalue weighted by Gasteiger charge is 2.42. The zero-order chi connectivity index (χ0) is 6.48. The minimum absolute atomic E-state index is 0.545. The van der Waals surface area contributed by atoms with E-state index in [9.17, 15) is 0 Å². The van der Waals surface area contributed by atoms with Crippen molar-refractivity contribution in [2.75, 3.05) is 13.1 Å². The van der Waals surface area contributed by atoms with Crippen molar-refractivity contribution in [1.82, 2.24) is 4.90 Å². The quantitative estimate of drug-likeness (QED) is 0.474. The maximum Gasteiger partial charge on any atom is 0.0156 e. The fourth-order valence-electron chi connectivity index (χ4n) is 2.38. The van der Waals surface area contributed by atoms with Gasteiger partial charge in [-0.2, -0.15) is 0 Å². The Morgan fingerprint density at radius 3 is 2.44 bits per heavy atom. The van der Waals surface area contributed by atoms with Gasteiger partial charge >= 0.3 is 0 Å². The van der Waals surface area contributed by atoms with E-state index in [2.05, 4.69) is 18.7 Å². The second-order valence-electron chi connectivity index (χ2n) is 4.12. The molecule has 0 spiro atoms. The average molecular weight is 125 g/mol. The molecule has 2 unspecified atom stereocenters. The van der Waals surface area contributed by atoms with Crippen LogP contribution in [0.25, 0.3) is 0 Å². The molecule has 2 fully saturated rings. The van der Waals surface area contributed by atoms with Gasteiger partial charge in [0.1, 0.15) is 0 Å². The normalized spacial score (nSPS) is 46.0. The smallest absolute Gasteiger partial charge is 0.0156 e. The van der Waals surface area contributed by atoms with Crippen molar-refractivity contribution < 1.29 is 0 Å². The summed E-state index contributed by atoms with van der Waals surface area (Å²) in [6, 6.07) is 0. The molecule has 0 aromatic carbocycles. The lowest BCUT2D eigenvalue weighted by atomic mass is 9.91. The molecule has 0 saturated carbocycles. The summed E-state index contributed by atoms with van der Waals surface area (Å²) >= 11 is 0. The summed E-state index contributed by atoms with van der Waals surface area (Å²) in [6.45, 7) is 7.48. The van der Waals surface area contributed by atoms with Gasteiger partial charge in [-0.15, -0.1) is 0 Å². The van der Waals surface area contributed by atoms with Crippen LogP contribution in [0.2, 0.25) is 0 Å². The second-order valence-corrected chi connectivity index (χ2v) is 4.12. The minimum atomic E-state index is 0.545. The average Bonchev–Trinajstić information content (AvgIpc) is 2.19. The predicted molar refractivity (Wildman–Crippen MR) is 38.4 cm³/mol. The molecular formula is C8H15N. The molecule has 0 aromatic rings. The first-order chi connectivity index (χ1) is 4.18. The van der Waals surface area contributed by atoms with Crippen molar-refractivity contribution in [3.05, 3.63) is 0 Å². The molecule has 1 heteroatoms. The summed E-state index contributed by atoms with van der Waals surface area (Å²) < 4.78 is 0. The summed E-state index contributed by atoms with van der Waals surface area (Å²) in [6.07, 6.45) is 2.90. The lowest BCUT2D eigenvalue weighted by Crippen LogP contribution is -2.38. The van der Waals surface area contributed by atoms with E-state index in [4.69, 9.17) is 0 Å². The molecule has 0 N–H and O–H groups in total. The Bertz CT molecular complexity index is 129. The summed E-state index contributed by atoms with van der Waals surface area (Å²) in [5.41, 5.74) is 0.545. The van der Waals surface area contributed by atoms with E-state index in [1.165, 1.54) is 25.9 Å². The number of fused-ring (bicyclic) bond motifs is 2. The Hall–Kier alpha value is -0.0400. The third-order valence-corrected chi connectivity index (χ3v) is 2.93. The van der Waals surface area contributed by atoms with Crippen LogP contribution in [-0.2, 0) is 0 Å². The van der Waals surface area contributed by atoms with Crippen LogP contribution in [0.1, 0.15) is 26.7 Å². The van der Waals surface area contributed by atoms with Crippen LogP contribution in [0.3, 0.4) is 0 Å². The standard InChI is InChI=1S/C8H15N/c1-8(2)5-7-3-4-9(8)6-7/h7H,3-6H2,1-2H3. The van der Waals surface area contributed by atoms with Crippen molar-refractivity contribution >= 4 is 0 Å². The molecule has 2 bridgehead atoms. The number of nitrogens with zero attached hydrogens (tertiary/aromatic N) is 1. The fraction of sp³-hybridized carbons (Fsp3) is 1.00. The van der Waals surface area contributed by atoms with Crippen molar-refractivity contribution in [3.63, 3.8) is 0 Å². The highest BCUT2D eigenvalue weighted by molar-refractivity contribution is 4.97. The number of piperidine rings is 1. The topological polar surface area (TPSA) is 3.24 Å². The number of rotatable bonds is 0. The fourth-order valence-corrected chi connectivity index (χ4v) is 2.38. The molecule has 0 aromatic heterocycles. The molecule has 0 amide bonds. The van der Waals surface area contributed by atoms with Gasteiger partial charge in [-0.05, 0) is 39.2 Å². The van der Waals surface area contributed by atoms with E-state index in [0.29, 0.717) is 5.54 Å². The molecule has 2 atom stereocenters. The molecule has 2 rings (SSSR count). The zero-order valence-electron chi connectivity index (χ0n) is 6.35. The van der Waals surface area contributed by atoms with Crippen LogP contribution in [0.5, 0.6) is 0 Å². The van der Waals surface area contributed by atoms with Gasteiger partial charge in [0, 0.05) is 12.1 Å². The Balaban J connectivity index is 2.18. The van der Waals surface area contributed by atoms with Crippen LogP contribution in [0, 0.1) is 5.92 Å². The Labute approximate surface area is 57.0 Å². The van der Waals surface area contributed by atoms with Gasteiger partial charge in [0.15, 0.2) is 0 Å². The molecule has 0 aliphatic carbocycles. The first kappa shape index (κ1) is 5.72. The Morgan fingerprint density at radius 1 is 1.44 bits per heavy atom. The van der Waals surface area contributed by atoms with Gasteiger partial charge in [0.05, 0.1) is 0 Å². The van der Waals surface area contributed by atoms with Gasteiger partial charge in [-0.3, -0.25) is 4.90 Å². The molecular weight excluding hydrogens is 110 g/mol. The highest BCUT2D eigenvalue weighted by Crippen LogP contribution is 2.39. The number of hydrogen-bond acceptors (Lipinski definition) is 1. The summed E-state index contributed by atoms with van der Waals surface area (Å²) in [7, 11) is 0. The number of hydrogen-bond donors (Lipinski definition) is 0. The Morgan fingerprint density at radius 2 is 2.22 bits per heavy atom. The van der Waals surface area contributed by atoms with Gasteiger partial charge in [0.2, 0.25) is 0 Å². The second kappa shape index (κ2) is 1.51. The molecule has 9 heavy (non-hydrogen) atoms. The minimum Gasteiger partial charge on any atom is -0.298 e. The van der Waals surface area contributed by atoms with Crippen LogP contribution >= 0.6 is 0 Å². The Kier molecular flexibility index (Phi) is 0.963. The first-order valence-electron chi connectivity index (χ1n) is 3.93. The zero-order valence-corrected chi connectivity index (χ0v) is 6.35. The predicted octanol–water partition coefficient (Wildman–Crippen LogP) is 1.49. The van der Waals surface area contributed by atoms with Crippen LogP contribution < -0.4 is 0 Å². The van der Waals surface area contributed by atoms with Crippen LogP contribution in [0.15, 0.2) is 0 Å². The largest absolute Gasteiger partial charge is 0.298 e. The van der Waals surface area contributed by atoms with E-state index >= 15 is 0 Å². The molecule has 2 saturated heterocycles.